The summed E-state index contributed by atoms with van der Waals surface area (Å²) in [6, 6.07) is 5.02. The SMILES string of the molecule is Cc1ccc(=O)n(CCNC(=O)C2CN(c3cc(-n4ccnc4)ncn3)C2)n1. The van der Waals surface area contributed by atoms with Crippen molar-refractivity contribution >= 4 is 11.7 Å². The zero-order valence-corrected chi connectivity index (χ0v) is 15.4. The van der Waals surface area contributed by atoms with Gasteiger partial charge in [-0.1, -0.05) is 0 Å². The molecule has 0 spiro atoms. The van der Waals surface area contributed by atoms with Gasteiger partial charge in [0.15, 0.2) is 0 Å². The van der Waals surface area contributed by atoms with E-state index >= 15 is 0 Å². The van der Waals surface area contributed by atoms with Gasteiger partial charge in [-0.05, 0) is 13.0 Å². The van der Waals surface area contributed by atoms with Crippen LogP contribution in [0.25, 0.3) is 5.82 Å². The van der Waals surface area contributed by atoms with Crippen LogP contribution >= 0.6 is 0 Å². The van der Waals surface area contributed by atoms with Crippen LogP contribution in [0.1, 0.15) is 5.69 Å². The Morgan fingerprint density at radius 1 is 1.25 bits per heavy atom. The van der Waals surface area contributed by atoms with E-state index in [0.29, 0.717) is 26.2 Å². The summed E-state index contributed by atoms with van der Waals surface area (Å²) in [6.45, 7) is 3.72. The molecule has 4 rings (SSSR count). The number of carbonyl (C=O) groups is 1. The van der Waals surface area contributed by atoms with Gasteiger partial charge in [0.25, 0.3) is 5.56 Å². The number of nitrogens with zero attached hydrogens (tertiary/aromatic N) is 7. The van der Waals surface area contributed by atoms with Gasteiger partial charge in [-0.15, -0.1) is 0 Å². The van der Waals surface area contributed by atoms with Crippen LogP contribution in [0.15, 0.2) is 48.0 Å². The third kappa shape index (κ3) is 3.75. The molecular formula is C18H20N8O2. The molecule has 3 aromatic rings. The second-order valence-corrected chi connectivity index (χ2v) is 6.63. The molecule has 1 amide bonds. The fourth-order valence-corrected chi connectivity index (χ4v) is 3.02. The molecule has 0 aromatic carbocycles. The van der Waals surface area contributed by atoms with E-state index in [0.717, 1.165) is 17.3 Å². The Morgan fingerprint density at radius 3 is 2.86 bits per heavy atom. The zero-order chi connectivity index (χ0) is 19.5. The fourth-order valence-electron chi connectivity index (χ4n) is 3.02. The maximum atomic E-state index is 12.3. The predicted molar refractivity (Wildman–Crippen MR) is 101 cm³/mol. The minimum absolute atomic E-state index is 0.0270. The van der Waals surface area contributed by atoms with Gasteiger partial charge >= 0.3 is 0 Å². The van der Waals surface area contributed by atoms with Crippen LogP contribution in [0.4, 0.5) is 5.82 Å². The Kier molecular flexibility index (Phi) is 4.83. The Bertz CT molecular complexity index is 1020. The number of aromatic nitrogens is 6. The summed E-state index contributed by atoms with van der Waals surface area (Å²) in [6.07, 6.45) is 6.68. The molecule has 28 heavy (non-hydrogen) atoms. The summed E-state index contributed by atoms with van der Waals surface area (Å²) in [4.78, 5) is 38.6. The molecule has 10 heteroatoms. The molecule has 0 atom stereocenters. The first-order chi connectivity index (χ1) is 13.6. The van der Waals surface area contributed by atoms with E-state index in [-0.39, 0.29) is 17.4 Å². The highest BCUT2D eigenvalue weighted by molar-refractivity contribution is 5.81. The molecule has 0 radical (unpaired) electrons. The number of hydrogen-bond donors (Lipinski definition) is 1. The quantitative estimate of drug-likeness (QED) is 0.629. The first kappa shape index (κ1) is 17.8. The van der Waals surface area contributed by atoms with Gasteiger partial charge < -0.3 is 10.2 Å². The lowest BCUT2D eigenvalue weighted by atomic mass is 9.99. The van der Waals surface area contributed by atoms with Crippen LogP contribution in [-0.2, 0) is 11.3 Å². The molecule has 1 fully saturated rings. The predicted octanol–water partition coefficient (Wildman–Crippen LogP) is -0.220. The molecule has 10 nitrogen and oxygen atoms in total. The highest BCUT2D eigenvalue weighted by atomic mass is 16.2. The third-order valence-corrected chi connectivity index (χ3v) is 4.61. The Labute approximate surface area is 160 Å². The van der Waals surface area contributed by atoms with Gasteiger partial charge in [0.2, 0.25) is 5.91 Å². The fraction of sp³-hybridized carbons (Fsp3) is 0.333. The van der Waals surface area contributed by atoms with E-state index in [1.54, 1.807) is 23.2 Å². The number of hydrogen-bond acceptors (Lipinski definition) is 7. The van der Waals surface area contributed by atoms with Gasteiger partial charge in [0, 0.05) is 44.2 Å². The Morgan fingerprint density at radius 2 is 2.07 bits per heavy atom. The standard InChI is InChI=1S/C18H20N8O2/c1-13-2-3-17(27)26(23-13)7-5-20-18(28)14-9-25(10-14)16-8-15(21-11-22-16)24-6-4-19-12-24/h2-4,6,8,11-12,14H,5,7,9-10H2,1H3,(H,20,28). The van der Waals surface area contributed by atoms with Crippen LogP contribution in [0, 0.1) is 12.8 Å². The maximum absolute atomic E-state index is 12.3. The van der Waals surface area contributed by atoms with Gasteiger partial charge in [-0.3, -0.25) is 14.2 Å². The summed E-state index contributed by atoms with van der Waals surface area (Å²) < 4.78 is 3.16. The maximum Gasteiger partial charge on any atom is 0.266 e. The highest BCUT2D eigenvalue weighted by Gasteiger charge is 2.33. The number of anilines is 1. The second-order valence-electron chi connectivity index (χ2n) is 6.63. The monoisotopic (exact) mass is 380 g/mol. The molecule has 144 valence electrons. The number of aryl methyl sites for hydroxylation is 1. The van der Waals surface area contributed by atoms with E-state index < -0.39 is 0 Å². The third-order valence-electron chi connectivity index (χ3n) is 4.61. The molecule has 4 heterocycles. The van der Waals surface area contributed by atoms with Gasteiger partial charge in [-0.25, -0.2) is 19.6 Å². The lowest BCUT2D eigenvalue weighted by Crippen LogP contribution is -2.54. The van der Waals surface area contributed by atoms with E-state index in [4.69, 9.17) is 0 Å². The molecule has 0 bridgehead atoms. The molecular weight excluding hydrogens is 360 g/mol. The lowest BCUT2D eigenvalue weighted by Gasteiger charge is -2.39. The highest BCUT2D eigenvalue weighted by Crippen LogP contribution is 2.23. The normalized spacial score (nSPS) is 14.0. The first-order valence-corrected chi connectivity index (χ1v) is 8.98. The molecule has 1 N–H and O–H groups in total. The molecule has 1 saturated heterocycles. The van der Waals surface area contributed by atoms with E-state index in [9.17, 15) is 9.59 Å². The van der Waals surface area contributed by atoms with Crippen LogP contribution < -0.4 is 15.8 Å². The summed E-state index contributed by atoms with van der Waals surface area (Å²) in [5.41, 5.74) is 0.590. The van der Waals surface area contributed by atoms with Crippen LogP contribution in [0.2, 0.25) is 0 Å². The first-order valence-electron chi connectivity index (χ1n) is 8.98. The lowest BCUT2D eigenvalue weighted by molar-refractivity contribution is -0.125. The number of imidazole rings is 1. The summed E-state index contributed by atoms with van der Waals surface area (Å²) in [7, 11) is 0. The van der Waals surface area contributed by atoms with Crippen molar-refractivity contribution in [2.24, 2.45) is 5.92 Å². The van der Waals surface area contributed by atoms with Crippen molar-refractivity contribution in [3.63, 3.8) is 0 Å². The average molecular weight is 380 g/mol. The smallest absolute Gasteiger partial charge is 0.266 e. The Hall–Kier alpha value is -3.56. The molecule has 0 saturated carbocycles. The summed E-state index contributed by atoms with van der Waals surface area (Å²) >= 11 is 0. The number of rotatable bonds is 6. The van der Waals surface area contributed by atoms with Crippen molar-refractivity contribution < 1.29 is 4.79 Å². The van der Waals surface area contributed by atoms with Crippen molar-refractivity contribution in [3.05, 3.63) is 59.3 Å². The van der Waals surface area contributed by atoms with Gasteiger partial charge in [-0.2, -0.15) is 5.10 Å². The van der Waals surface area contributed by atoms with E-state index in [1.807, 2.05) is 24.1 Å². The van der Waals surface area contributed by atoms with Crippen molar-refractivity contribution in [3.8, 4) is 5.82 Å². The summed E-state index contributed by atoms with van der Waals surface area (Å²) in [5, 5.41) is 7.03. The number of carbonyl (C=O) groups excluding carboxylic acids is 1. The van der Waals surface area contributed by atoms with Crippen molar-refractivity contribution in [1.29, 1.82) is 0 Å². The summed E-state index contributed by atoms with van der Waals surface area (Å²) in [5.74, 6) is 1.37. The van der Waals surface area contributed by atoms with Crippen molar-refractivity contribution in [2.75, 3.05) is 24.5 Å². The van der Waals surface area contributed by atoms with Gasteiger partial charge in [0.1, 0.15) is 24.3 Å². The minimum atomic E-state index is -0.174. The number of amides is 1. The molecule has 3 aromatic heterocycles. The van der Waals surface area contributed by atoms with Crippen molar-refractivity contribution in [1.82, 2.24) is 34.6 Å². The average Bonchev–Trinajstić information content (AvgIpc) is 3.18. The molecule has 1 aliphatic heterocycles. The number of nitrogens with one attached hydrogen (secondary N) is 1. The van der Waals surface area contributed by atoms with Crippen LogP contribution in [0.3, 0.4) is 0 Å². The largest absolute Gasteiger partial charge is 0.355 e. The zero-order valence-electron chi connectivity index (χ0n) is 15.4. The van der Waals surface area contributed by atoms with E-state index in [2.05, 4.69) is 25.4 Å². The van der Waals surface area contributed by atoms with E-state index in [1.165, 1.54) is 17.1 Å². The topological polar surface area (TPSA) is 111 Å². The second kappa shape index (κ2) is 7.59. The molecule has 1 aliphatic rings. The van der Waals surface area contributed by atoms with Crippen molar-refractivity contribution in [2.45, 2.75) is 13.5 Å². The minimum Gasteiger partial charge on any atom is -0.355 e. The van der Waals surface area contributed by atoms with Crippen LogP contribution in [0.5, 0.6) is 0 Å². The molecule has 0 unspecified atom stereocenters. The van der Waals surface area contributed by atoms with Gasteiger partial charge in [0.05, 0.1) is 18.2 Å². The molecule has 0 aliphatic carbocycles. The Balaban J connectivity index is 1.28. The van der Waals surface area contributed by atoms with Crippen LogP contribution in [-0.4, -0.2) is 54.8 Å².